The third-order valence-electron chi connectivity index (χ3n) is 2.92. The fourth-order valence-corrected chi connectivity index (χ4v) is 3.18. The van der Waals surface area contributed by atoms with Crippen LogP contribution in [-0.2, 0) is 10.0 Å². The summed E-state index contributed by atoms with van der Waals surface area (Å²) in [4.78, 5) is 0. The number of sulfonamides is 1. The van der Waals surface area contributed by atoms with Gasteiger partial charge in [-0.05, 0) is 31.2 Å². The molecule has 0 aliphatic heterocycles. The van der Waals surface area contributed by atoms with Gasteiger partial charge in [0.05, 0.1) is 11.9 Å². The molecule has 2 atom stereocenters. The second-order valence-electron chi connectivity index (χ2n) is 4.86. The molecule has 0 spiro atoms. The number of aliphatic hydroxyl groups excluding tert-OH is 1. The molecule has 1 aromatic rings. The van der Waals surface area contributed by atoms with Gasteiger partial charge in [0.2, 0.25) is 10.0 Å². The molecule has 2 N–H and O–H groups in total. The number of benzene rings is 1. The van der Waals surface area contributed by atoms with E-state index in [1.165, 1.54) is 0 Å². The average Bonchev–Trinajstić information content (AvgIpc) is 2.35. The Balaban J connectivity index is 2.71. The van der Waals surface area contributed by atoms with E-state index in [-0.39, 0.29) is 11.7 Å². The van der Waals surface area contributed by atoms with E-state index in [9.17, 15) is 13.5 Å². The van der Waals surface area contributed by atoms with Crippen LogP contribution in [0.3, 0.4) is 0 Å². The molecule has 0 heterocycles. The molecule has 2 unspecified atom stereocenters. The highest BCUT2D eigenvalue weighted by atomic mass is 32.2. The van der Waals surface area contributed by atoms with Gasteiger partial charge in [-0.15, -0.1) is 0 Å². The van der Waals surface area contributed by atoms with Crippen LogP contribution in [0.2, 0.25) is 0 Å². The molecule has 0 amide bonds. The minimum Gasteiger partial charge on any atom is -0.393 e. The van der Waals surface area contributed by atoms with Crippen molar-refractivity contribution in [1.29, 1.82) is 0 Å². The number of nitrogens with one attached hydrogen (secondary N) is 1. The summed E-state index contributed by atoms with van der Waals surface area (Å²) < 4.78 is 26.0. The van der Waals surface area contributed by atoms with Gasteiger partial charge in [-0.3, -0.25) is 0 Å². The first-order valence-corrected chi connectivity index (χ1v) is 8.30. The molecule has 0 saturated carbocycles. The van der Waals surface area contributed by atoms with Crippen LogP contribution in [0.4, 0.5) is 0 Å². The van der Waals surface area contributed by atoms with E-state index in [4.69, 9.17) is 0 Å². The van der Waals surface area contributed by atoms with Crippen LogP contribution in [0.15, 0.2) is 30.3 Å². The van der Waals surface area contributed by atoms with Gasteiger partial charge in [-0.1, -0.05) is 37.3 Å². The Morgan fingerprint density at radius 3 is 2.42 bits per heavy atom. The monoisotopic (exact) mass is 285 g/mol. The zero-order valence-corrected chi connectivity index (χ0v) is 12.4. The maximum Gasteiger partial charge on any atom is 0.211 e. The zero-order chi connectivity index (χ0) is 14.3. The van der Waals surface area contributed by atoms with Crippen LogP contribution in [0, 0.1) is 0 Å². The highest BCUT2D eigenvalue weighted by Crippen LogP contribution is 2.20. The minimum atomic E-state index is -3.20. The molecule has 0 fully saturated rings. The lowest BCUT2D eigenvalue weighted by molar-refractivity contribution is 0.174. The largest absolute Gasteiger partial charge is 0.393 e. The van der Waals surface area contributed by atoms with Crippen molar-refractivity contribution < 1.29 is 13.5 Å². The van der Waals surface area contributed by atoms with Gasteiger partial charge in [-0.25, -0.2) is 13.1 Å². The Labute approximate surface area is 115 Å². The van der Waals surface area contributed by atoms with Crippen LogP contribution in [0.25, 0.3) is 0 Å². The molecular formula is C14H23NO3S. The van der Waals surface area contributed by atoms with Crippen LogP contribution in [-0.4, -0.2) is 31.9 Å². The summed E-state index contributed by atoms with van der Waals surface area (Å²) in [7, 11) is -3.20. The van der Waals surface area contributed by atoms with Gasteiger partial charge < -0.3 is 5.11 Å². The average molecular weight is 285 g/mol. The van der Waals surface area contributed by atoms with E-state index in [0.717, 1.165) is 5.56 Å². The summed E-state index contributed by atoms with van der Waals surface area (Å²) in [5.41, 5.74) is 1.04. The van der Waals surface area contributed by atoms with Gasteiger partial charge in [0.1, 0.15) is 0 Å². The first kappa shape index (κ1) is 16.1. The summed E-state index contributed by atoms with van der Waals surface area (Å²) in [6.45, 7) is 3.89. The van der Waals surface area contributed by atoms with Crippen molar-refractivity contribution in [3.63, 3.8) is 0 Å². The van der Waals surface area contributed by atoms with E-state index < -0.39 is 16.1 Å². The molecule has 0 radical (unpaired) electrons. The Morgan fingerprint density at radius 1 is 1.26 bits per heavy atom. The Bertz CT molecular complexity index is 457. The predicted octanol–water partition coefficient (Wildman–Crippen LogP) is 1.87. The van der Waals surface area contributed by atoms with E-state index in [2.05, 4.69) is 4.72 Å². The highest BCUT2D eigenvalue weighted by molar-refractivity contribution is 7.89. The molecule has 0 bridgehead atoms. The Morgan fingerprint density at radius 2 is 1.89 bits per heavy atom. The summed E-state index contributed by atoms with van der Waals surface area (Å²) in [5.74, 6) is 0.135. The maximum atomic E-state index is 11.7. The molecule has 1 aromatic carbocycles. The van der Waals surface area contributed by atoms with E-state index in [0.29, 0.717) is 19.4 Å². The van der Waals surface area contributed by atoms with E-state index in [1.807, 2.05) is 37.3 Å². The summed E-state index contributed by atoms with van der Waals surface area (Å²) in [6, 6.07) is 9.68. The van der Waals surface area contributed by atoms with Gasteiger partial charge >= 0.3 is 0 Å². The van der Waals surface area contributed by atoms with Crippen molar-refractivity contribution >= 4 is 10.0 Å². The van der Waals surface area contributed by atoms with E-state index in [1.54, 1.807) is 6.92 Å². The molecule has 0 aliphatic rings. The molecule has 0 aliphatic carbocycles. The lowest BCUT2D eigenvalue weighted by Crippen LogP contribution is -2.31. The first-order chi connectivity index (χ1) is 8.94. The van der Waals surface area contributed by atoms with Crippen molar-refractivity contribution in [3.05, 3.63) is 35.9 Å². The number of hydrogen-bond acceptors (Lipinski definition) is 3. The highest BCUT2D eigenvalue weighted by Gasteiger charge is 2.17. The fourth-order valence-electron chi connectivity index (χ4n) is 2.04. The van der Waals surface area contributed by atoms with Crippen molar-refractivity contribution in [2.45, 2.75) is 38.7 Å². The van der Waals surface area contributed by atoms with Crippen molar-refractivity contribution in [2.24, 2.45) is 0 Å². The van der Waals surface area contributed by atoms with Crippen LogP contribution >= 0.6 is 0 Å². The standard InChI is InChI=1S/C14H23NO3S/c1-3-9-19(17,18)15-11-14(10-12(2)16)13-7-5-4-6-8-13/h4-8,12,14-16H,3,9-11H2,1-2H3. The van der Waals surface area contributed by atoms with Gasteiger partial charge in [-0.2, -0.15) is 0 Å². The molecule has 5 heteroatoms. The maximum absolute atomic E-state index is 11.7. The van der Waals surface area contributed by atoms with Crippen molar-refractivity contribution in [2.75, 3.05) is 12.3 Å². The third-order valence-corrected chi connectivity index (χ3v) is 4.47. The van der Waals surface area contributed by atoms with Crippen LogP contribution in [0.5, 0.6) is 0 Å². The number of rotatable bonds is 8. The van der Waals surface area contributed by atoms with Gasteiger partial charge in [0.15, 0.2) is 0 Å². The fraction of sp³-hybridized carbons (Fsp3) is 0.571. The lowest BCUT2D eigenvalue weighted by atomic mass is 9.94. The molecule has 1 rings (SSSR count). The number of hydrogen-bond donors (Lipinski definition) is 2. The van der Waals surface area contributed by atoms with Gasteiger partial charge in [0, 0.05) is 6.54 Å². The summed E-state index contributed by atoms with van der Waals surface area (Å²) >= 11 is 0. The summed E-state index contributed by atoms with van der Waals surface area (Å²) in [6.07, 6.45) is 0.682. The minimum absolute atomic E-state index is 0.00664. The Kier molecular flexibility index (Phi) is 6.48. The normalized spacial score (nSPS) is 15.1. The molecule has 4 nitrogen and oxygen atoms in total. The Hall–Kier alpha value is -0.910. The lowest BCUT2D eigenvalue weighted by Gasteiger charge is -2.19. The van der Waals surface area contributed by atoms with Crippen molar-refractivity contribution in [1.82, 2.24) is 4.72 Å². The predicted molar refractivity (Wildman–Crippen MR) is 77.6 cm³/mol. The molecular weight excluding hydrogens is 262 g/mol. The SMILES string of the molecule is CCCS(=O)(=O)NCC(CC(C)O)c1ccccc1. The quantitative estimate of drug-likeness (QED) is 0.766. The van der Waals surface area contributed by atoms with Crippen molar-refractivity contribution in [3.8, 4) is 0 Å². The topological polar surface area (TPSA) is 66.4 Å². The zero-order valence-electron chi connectivity index (χ0n) is 11.5. The smallest absolute Gasteiger partial charge is 0.211 e. The van der Waals surface area contributed by atoms with Gasteiger partial charge in [0.25, 0.3) is 0 Å². The first-order valence-electron chi connectivity index (χ1n) is 6.65. The third kappa shape index (κ3) is 6.18. The molecule has 108 valence electrons. The molecule has 0 aromatic heterocycles. The van der Waals surface area contributed by atoms with Crippen LogP contribution < -0.4 is 4.72 Å². The second kappa shape index (κ2) is 7.62. The summed E-state index contributed by atoms with van der Waals surface area (Å²) in [5, 5.41) is 9.54. The molecule has 19 heavy (non-hydrogen) atoms. The molecule has 0 saturated heterocycles. The van der Waals surface area contributed by atoms with E-state index >= 15 is 0 Å². The number of aliphatic hydroxyl groups is 1. The van der Waals surface area contributed by atoms with Crippen LogP contribution in [0.1, 0.15) is 38.2 Å². The second-order valence-corrected chi connectivity index (χ2v) is 6.79.